The van der Waals surface area contributed by atoms with Gasteiger partial charge in [-0.05, 0) is 36.3 Å². The second-order valence-corrected chi connectivity index (χ2v) is 5.73. The summed E-state index contributed by atoms with van der Waals surface area (Å²) < 4.78 is 0. The smallest absolute Gasteiger partial charge is 0.154 e. The summed E-state index contributed by atoms with van der Waals surface area (Å²) in [6.45, 7) is 0. The molecule has 0 atom stereocenters. The first-order chi connectivity index (χ1) is 9.84. The van der Waals surface area contributed by atoms with Crippen molar-refractivity contribution in [2.45, 2.75) is 19.3 Å². The molecule has 3 nitrogen and oxygen atoms in total. The van der Waals surface area contributed by atoms with Crippen molar-refractivity contribution in [3.8, 4) is 10.4 Å². The highest BCUT2D eigenvalue weighted by Gasteiger charge is 2.13. The molecule has 1 aromatic carbocycles. The van der Waals surface area contributed by atoms with Gasteiger partial charge in [-0.2, -0.15) is 5.10 Å². The molecule has 0 unspecified atom stereocenters. The van der Waals surface area contributed by atoms with Gasteiger partial charge in [0, 0.05) is 10.6 Å². The number of rotatable bonds is 5. The molecule has 0 aliphatic heterocycles. The zero-order chi connectivity index (χ0) is 13.8. The number of hydrogen-bond acceptors (Lipinski definition) is 3. The third-order valence-corrected chi connectivity index (χ3v) is 4.26. The maximum absolute atomic E-state index is 5.98. The number of aromatic nitrogens is 2. The number of aryl methyl sites for hydroxylation is 2. The van der Waals surface area contributed by atoms with Crippen LogP contribution in [0.25, 0.3) is 10.4 Å². The summed E-state index contributed by atoms with van der Waals surface area (Å²) in [5.74, 6) is 0.599. The molecule has 0 aliphatic rings. The van der Waals surface area contributed by atoms with E-state index < -0.39 is 0 Å². The van der Waals surface area contributed by atoms with Gasteiger partial charge in [0.25, 0.3) is 0 Å². The molecule has 0 amide bonds. The molecule has 0 spiro atoms. The molecule has 0 saturated carbocycles. The molecule has 0 bridgehead atoms. The molecule has 0 aliphatic carbocycles. The average Bonchev–Trinajstić information content (AvgIpc) is 3.10. The van der Waals surface area contributed by atoms with Crippen LogP contribution in [-0.4, -0.2) is 10.2 Å². The van der Waals surface area contributed by atoms with E-state index >= 15 is 0 Å². The minimum absolute atomic E-state index is 0.599. The van der Waals surface area contributed by atoms with Crippen LogP contribution in [0, 0.1) is 0 Å². The number of nitrogens with one attached hydrogen (secondary N) is 1. The van der Waals surface area contributed by atoms with E-state index in [1.54, 1.807) is 11.3 Å². The van der Waals surface area contributed by atoms with E-state index in [9.17, 15) is 0 Å². The molecule has 2 aromatic heterocycles. The molecule has 20 heavy (non-hydrogen) atoms. The number of H-pyrrole nitrogens is 1. The maximum Gasteiger partial charge on any atom is 0.154 e. The monoisotopic (exact) mass is 283 g/mol. The van der Waals surface area contributed by atoms with Crippen molar-refractivity contribution in [1.82, 2.24) is 10.2 Å². The van der Waals surface area contributed by atoms with Crippen LogP contribution in [0.1, 0.15) is 17.7 Å². The Morgan fingerprint density at radius 2 is 1.90 bits per heavy atom. The zero-order valence-corrected chi connectivity index (χ0v) is 12.0. The number of nitrogen functional groups attached to an aromatic ring is 1. The molecular formula is C16H17N3S. The third kappa shape index (κ3) is 2.75. The van der Waals surface area contributed by atoms with E-state index in [-0.39, 0.29) is 0 Å². The van der Waals surface area contributed by atoms with E-state index in [0.717, 1.165) is 30.5 Å². The maximum atomic E-state index is 5.98. The van der Waals surface area contributed by atoms with Crippen LogP contribution in [0.3, 0.4) is 0 Å². The van der Waals surface area contributed by atoms with Crippen molar-refractivity contribution in [2.24, 2.45) is 0 Å². The Balaban J connectivity index is 1.70. The number of aromatic amines is 1. The number of anilines is 1. The summed E-state index contributed by atoms with van der Waals surface area (Å²) in [6.07, 6.45) is 3.12. The Kier molecular flexibility index (Phi) is 3.83. The Hall–Kier alpha value is -2.07. The number of benzene rings is 1. The SMILES string of the molecule is Nc1n[nH]c(CCCc2ccccc2)c1-c1cccs1. The van der Waals surface area contributed by atoms with Crippen LogP contribution in [0.5, 0.6) is 0 Å². The first-order valence-corrected chi connectivity index (χ1v) is 7.63. The van der Waals surface area contributed by atoms with Crippen LogP contribution in [-0.2, 0) is 12.8 Å². The fourth-order valence-electron chi connectivity index (χ4n) is 2.38. The van der Waals surface area contributed by atoms with Gasteiger partial charge in [0.1, 0.15) is 0 Å². The minimum atomic E-state index is 0.599. The van der Waals surface area contributed by atoms with Gasteiger partial charge in [-0.1, -0.05) is 36.4 Å². The topological polar surface area (TPSA) is 54.7 Å². The Morgan fingerprint density at radius 3 is 2.65 bits per heavy atom. The Morgan fingerprint density at radius 1 is 1.05 bits per heavy atom. The first kappa shape index (κ1) is 12.9. The molecule has 4 heteroatoms. The van der Waals surface area contributed by atoms with E-state index in [2.05, 4.69) is 45.9 Å². The first-order valence-electron chi connectivity index (χ1n) is 6.75. The number of nitrogens with zero attached hydrogens (tertiary/aromatic N) is 1. The molecule has 3 aromatic rings. The van der Waals surface area contributed by atoms with Gasteiger partial charge in [0.05, 0.1) is 5.56 Å². The fraction of sp³-hybridized carbons (Fsp3) is 0.188. The van der Waals surface area contributed by atoms with Gasteiger partial charge in [0.2, 0.25) is 0 Å². The molecule has 0 saturated heterocycles. The van der Waals surface area contributed by atoms with Crippen molar-refractivity contribution < 1.29 is 0 Å². The highest BCUT2D eigenvalue weighted by molar-refractivity contribution is 7.13. The second-order valence-electron chi connectivity index (χ2n) is 4.78. The number of hydrogen-bond donors (Lipinski definition) is 2. The molecule has 0 radical (unpaired) electrons. The van der Waals surface area contributed by atoms with Gasteiger partial charge in [-0.25, -0.2) is 0 Å². The standard InChI is InChI=1S/C16H17N3S/c17-16-15(14-10-5-11-20-14)13(18-19-16)9-4-8-12-6-2-1-3-7-12/h1-3,5-7,10-11H,4,8-9H2,(H3,17,18,19). The summed E-state index contributed by atoms with van der Waals surface area (Å²) in [7, 11) is 0. The largest absolute Gasteiger partial charge is 0.382 e. The molecule has 3 N–H and O–H groups in total. The van der Waals surface area contributed by atoms with Crippen LogP contribution in [0.2, 0.25) is 0 Å². The van der Waals surface area contributed by atoms with Gasteiger partial charge >= 0.3 is 0 Å². The summed E-state index contributed by atoms with van der Waals surface area (Å²) in [5.41, 5.74) is 9.57. The lowest BCUT2D eigenvalue weighted by Crippen LogP contribution is -1.93. The molecular weight excluding hydrogens is 266 g/mol. The van der Waals surface area contributed by atoms with Crippen LogP contribution in [0.4, 0.5) is 5.82 Å². The zero-order valence-electron chi connectivity index (χ0n) is 11.2. The van der Waals surface area contributed by atoms with Gasteiger partial charge in [-0.15, -0.1) is 11.3 Å². The van der Waals surface area contributed by atoms with Crippen molar-refractivity contribution in [3.63, 3.8) is 0 Å². The van der Waals surface area contributed by atoms with Crippen molar-refractivity contribution in [2.75, 3.05) is 5.73 Å². The normalized spacial score (nSPS) is 10.8. The highest BCUT2D eigenvalue weighted by atomic mass is 32.1. The Labute approximate surface area is 122 Å². The van der Waals surface area contributed by atoms with Gasteiger partial charge in [-0.3, -0.25) is 5.10 Å². The number of nitrogens with two attached hydrogens (primary N) is 1. The van der Waals surface area contributed by atoms with Crippen LogP contribution in [0.15, 0.2) is 47.8 Å². The van der Waals surface area contributed by atoms with Crippen molar-refractivity contribution in [3.05, 3.63) is 59.1 Å². The quantitative estimate of drug-likeness (QED) is 0.746. The fourth-order valence-corrected chi connectivity index (χ4v) is 3.19. The predicted octanol–water partition coefficient (Wildman–Crippen LogP) is 3.90. The molecule has 3 rings (SSSR count). The molecule has 0 fully saturated rings. The Bertz CT molecular complexity index is 656. The van der Waals surface area contributed by atoms with Crippen molar-refractivity contribution in [1.29, 1.82) is 0 Å². The van der Waals surface area contributed by atoms with E-state index in [1.165, 1.54) is 10.4 Å². The minimum Gasteiger partial charge on any atom is -0.382 e. The lowest BCUT2D eigenvalue weighted by Gasteiger charge is -2.03. The summed E-state index contributed by atoms with van der Waals surface area (Å²) in [6, 6.07) is 14.7. The van der Waals surface area contributed by atoms with Gasteiger partial charge < -0.3 is 5.73 Å². The average molecular weight is 283 g/mol. The summed E-state index contributed by atoms with van der Waals surface area (Å²) >= 11 is 1.70. The van der Waals surface area contributed by atoms with Crippen LogP contribution >= 0.6 is 11.3 Å². The van der Waals surface area contributed by atoms with E-state index in [0.29, 0.717) is 5.82 Å². The second kappa shape index (κ2) is 5.92. The van der Waals surface area contributed by atoms with Gasteiger partial charge in [0.15, 0.2) is 5.82 Å². The van der Waals surface area contributed by atoms with E-state index in [4.69, 9.17) is 5.73 Å². The molecule has 102 valence electrons. The lowest BCUT2D eigenvalue weighted by molar-refractivity contribution is 0.794. The molecule has 2 heterocycles. The highest BCUT2D eigenvalue weighted by Crippen LogP contribution is 2.32. The van der Waals surface area contributed by atoms with Crippen LogP contribution < -0.4 is 5.73 Å². The third-order valence-electron chi connectivity index (χ3n) is 3.37. The van der Waals surface area contributed by atoms with Crippen molar-refractivity contribution >= 4 is 17.2 Å². The summed E-state index contributed by atoms with van der Waals surface area (Å²) in [5, 5.41) is 9.30. The number of thiophene rings is 1. The van der Waals surface area contributed by atoms with E-state index in [1.807, 2.05) is 12.1 Å². The summed E-state index contributed by atoms with van der Waals surface area (Å²) in [4.78, 5) is 1.19. The lowest BCUT2D eigenvalue weighted by atomic mass is 10.0. The predicted molar refractivity (Wildman–Crippen MR) is 84.8 cm³/mol.